The third kappa shape index (κ3) is 2.45. The summed E-state index contributed by atoms with van der Waals surface area (Å²) < 4.78 is 18.7. The Balaban J connectivity index is 2.08. The van der Waals surface area contributed by atoms with Crippen molar-refractivity contribution in [1.82, 2.24) is 4.98 Å². The fourth-order valence-corrected chi connectivity index (χ4v) is 2.39. The second kappa shape index (κ2) is 5.50. The minimum Gasteiger partial charge on any atom is -0.494 e. The summed E-state index contributed by atoms with van der Waals surface area (Å²) in [5.74, 6) is -0.335. The predicted molar refractivity (Wildman–Crippen MR) is 78.8 cm³/mol. The number of benzene rings is 2. The number of aromatic nitrogens is 1. The minimum absolute atomic E-state index is 0.158. The molecule has 21 heavy (non-hydrogen) atoms. The molecule has 3 rings (SSSR count). The molecule has 0 amide bonds. The molecule has 0 saturated heterocycles. The van der Waals surface area contributed by atoms with Crippen LogP contribution in [0.5, 0.6) is 5.75 Å². The Hall–Kier alpha value is -2.46. The largest absolute Gasteiger partial charge is 0.494 e. The summed E-state index contributed by atoms with van der Waals surface area (Å²) in [7, 11) is 1.41. The number of ether oxygens (including phenoxy) is 1. The SMILES string of the molecule is COc1ccc(C(O)c2ccnc3ccccc23)cc1F. The summed E-state index contributed by atoms with van der Waals surface area (Å²) in [6.07, 6.45) is 0.721. The van der Waals surface area contributed by atoms with E-state index in [9.17, 15) is 9.50 Å². The van der Waals surface area contributed by atoms with Gasteiger partial charge in [0.2, 0.25) is 0 Å². The van der Waals surface area contributed by atoms with Gasteiger partial charge in [0.05, 0.1) is 12.6 Å². The molecular weight excluding hydrogens is 269 g/mol. The van der Waals surface area contributed by atoms with Gasteiger partial charge in [0.25, 0.3) is 0 Å². The topological polar surface area (TPSA) is 42.4 Å². The van der Waals surface area contributed by atoms with Gasteiger partial charge in [-0.3, -0.25) is 4.98 Å². The second-order valence-electron chi connectivity index (χ2n) is 4.71. The molecule has 1 N–H and O–H groups in total. The second-order valence-corrected chi connectivity index (χ2v) is 4.71. The van der Waals surface area contributed by atoms with Crippen LogP contribution in [0.15, 0.2) is 54.7 Å². The number of hydrogen-bond acceptors (Lipinski definition) is 3. The smallest absolute Gasteiger partial charge is 0.165 e. The van der Waals surface area contributed by atoms with E-state index in [0.717, 1.165) is 10.9 Å². The van der Waals surface area contributed by atoms with Crippen molar-refractivity contribution in [3.05, 3.63) is 71.7 Å². The Bertz CT molecular complexity index is 783. The molecule has 0 aliphatic rings. The van der Waals surface area contributed by atoms with Crippen LogP contribution >= 0.6 is 0 Å². The first-order chi connectivity index (χ1) is 10.2. The van der Waals surface area contributed by atoms with Crippen molar-refractivity contribution in [2.24, 2.45) is 0 Å². The van der Waals surface area contributed by atoms with Crippen molar-refractivity contribution in [3.8, 4) is 5.75 Å². The van der Waals surface area contributed by atoms with Crippen molar-refractivity contribution in [1.29, 1.82) is 0 Å². The Morgan fingerprint density at radius 1 is 1.14 bits per heavy atom. The zero-order valence-electron chi connectivity index (χ0n) is 11.5. The lowest BCUT2D eigenvalue weighted by Crippen LogP contribution is -2.02. The number of methoxy groups -OCH3 is 1. The van der Waals surface area contributed by atoms with Crippen molar-refractivity contribution in [2.45, 2.75) is 6.10 Å². The van der Waals surface area contributed by atoms with Crippen LogP contribution in [0.25, 0.3) is 10.9 Å². The van der Waals surface area contributed by atoms with Crippen LogP contribution in [0.2, 0.25) is 0 Å². The number of para-hydroxylation sites is 1. The standard InChI is InChI=1S/C17H14FNO2/c1-21-16-7-6-11(10-14(16)18)17(20)13-8-9-19-15-5-3-2-4-12(13)15/h2-10,17,20H,1H3. The summed E-state index contributed by atoms with van der Waals surface area (Å²) in [6.45, 7) is 0. The first kappa shape index (κ1) is 13.5. The quantitative estimate of drug-likeness (QED) is 0.800. The highest BCUT2D eigenvalue weighted by Gasteiger charge is 2.15. The van der Waals surface area contributed by atoms with Crippen molar-refractivity contribution >= 4 is 10.9 Å². The number of halogens is 1. The van der Waals surface area contributed by atoms with E-state index in [-0.39, 0.29) is 5.75 Å². The molecule has 0 aliphatic heterocycles. The summed E-state index contributed by atoms with van der Waals surface area (Å²) in [6, 6.07) is 13.7. The molecule has 4 heteroatoms. The Kier molecular flexibility index (Phi) is 3.54. The van der Waals surface area contributed by atoms with E-state index in [1.54, 1.807) is 18.3 Å². The molecule has 0 fully saturated rings. The number of hydrogen-bond donors (Lipinski definition) is 1. The number of aliphatic hydroxyl groups excluding tert-OH is 1. The van der Waals surface area contributed by atoms with Crippen molar-refractivity contribution in [3.63, 3.8) is 0 Å². The van der Waals surface area contributed by atoms with Crippen molar-refractivity contribution in [2.75, 3.05) is 7.11 Å². The van der Waals surface area contributed by atoms with Gasteiger partial charge in [-0.15, -0.1) is 0 Å². The van der Waals surface area contributed by atoms with Gasteiger partial charge in [-0.1, -0.05) is 24.3 Å². The minimum atomic E-state index is -0.918. The normalized spacial score (nSPS) is 12.3. The van der Waals surface area contributed by atoms with Gasteiger partial charge in [-0.2, -0.15) is 0 Å². The van der Waals surface area contributed by atoms with Gasteiger partial charge in [-0.25, -0.2) is 4.39 Å². The molecule has 0 saturated carbocycles. The van der Waals surface area contributed by atoms with E-state index in [2.05, 4.69) is 4.98 Å². The average molecular weight is 283 g/mol. The fraction of sp³-hybridized carbons (Fsp3) is 0.118. The van der Waals surface area contributed by atoms with Gasteiger partial charge in [0, 0.05) is 11.6 Å². The third-order valence-corrected chi connectivity index (χ3v) is 3.47. The van der Waals surface area contributed by atoms with Crippen LogP contribution in [0.4, 0.5) is 4.39 Å². The van der Waals surface area contributed by atoms with Gasteiger partial charge in [0.15, 0.2) is 11.6 Å². The molecule has 3 aromatic rings. The van der Waals surface area contributed by atoms with Gasteiger partial charge >= 0.3 is 0 Å². The third-order valence-electron chi connectivity index (χ3n) is 3.47. The highest BCUT2D eigenvalue weighted by Crippen LogP contribution is 2.30. The van der Waals surface area contributed by atoms with E-state index in [1.165, 1.54) is 19.2 Å². The van der Waals surface area contributed by atoms with Crippen LogP contribution in [0.1, 0.15) is 17.2 Å². The van der Waals surface area contributed by atoms with Crippen LogP contribution in [0, 0.1) is 5.82 Å². The lowest BCUT2D eigenvalue weighted by Gasteiger charge is -2.14. The van der Waals surface area contributed by atoms with E-state index in [1.807, 2.05) is 24.3 Å². The summed E-state index contributed by atoms with van der Waals surface area (Å²) >= 11 is 0. The van der Waals surface area contributed by atoms with Crippen LogP contribution < -0.4 is 4.74 Å². The lowest BCUT2D eigenvalue weighted by molar-refractivity contribution is 0.221. The van der Waals surface area contributed by atoms with Gasteiger partial charge < -0.3 is 9.84 Å². The highest BCUT2D eigenvalue weighted by atomic mass is 19.1. The Labute approximate surface area is 121 Å². The van der Waals surface area contributed by atoms with Crippen molar-refractivity contribution < 1.29 is 14.2 Å². The number of fused-ring (bicyclic) bond motifs is 1. The summed E-state index contributed by atoms with van der Waals surface area (Å²) in [5, 5.41) is 11.4. The number of rotatable bonds is 3. The zero-order valence-corrected chi connectivity index (χ0v) is 11.5. The maximum atomic E-state index is 13.8. The molecule has 2 aromatic carbocycles. The Morgan fingerprint density at radius 3 is 2.71 bits per heavy atom. The molecule has 0 bridgehead atoms. The Morgan fingerprint density at radius 2 is 1.95 bits per heavy atom. The maximum absolute atomic E-state index is 13.8. The molecule has 3 nitrogen and oxygen atoms in total. The number of pyridine rings is 1. The average Bonchev–Trinajstić information content (AvgIpc) is 2.53. The summed E-state index contributed by atoms with van der Waals surface area (Å²) in [5.41, 5.74) is 1.97. The highest BCUT2D eigenvalue weighted by molar-refractivity contribution is 5.82. The fourth-order valence-electron chi connectivity index (χ4n) is 2.39. The van der Waals surface area contributed by atoms with E-state index >= 15 is 0 Å². The van der Waals surface area contributed by atoms with Crippen LogP contribution in [0.3, 0.4) is 0 Å². The van der Waals surface area contributed by atoms with E-state index < -0.39 is 11.9 Å². The number of aliphatic hydroxyl groups is 1. The first-order valence-corrected chi connectivity index (χ1v) is 6.56. The number of nitrogens with zero attached hydrogens (tertiary/aromatic N) is 1. The molecule has 106 valence electrons. The first-order valence-electron chi connectivity index (χ1n) is 6.56. The molecule has 0 aliphatic carbocycles. The molecule has 0 radical (unpaired) electrons. The lowest BCUT2D eigenvalue weighted by atomic mass is 9.98. The maximum Gasteiger partial charge on any atom is 0.165 e. The molecular formula is C17H14FNO2. The monoisotopic (exact) mass is 283 g/mol. The summed E-state index contributed by atoms with van der Waals surface area (Å²) in [4.78, 5) is 4.26. The molecule has 1 aromatic heterocycles. The molecule has 0 spiro atoms. The predicted octanol–water partition coefficient (Wildman–Crippen LogP) is 3.46. The van der Waals surface area contributed by atoms with Crippen LogP contribution in [-0.4, -0.2) is 17.2 Å². The van der Waals surface area contributed by atoms with E-state index in [4.69, 9.17) is 4.74 Å². The van der Waals surface area contributed by atoms with Gasteiger partial charge in [0.1, 0.15) is 6.10 Å². The molecule has 1 heterocycles. The van der Waals surface area contributed by atoms with Gasteiger partial charge in [-0.05, 0) is 35.4 Å². The van der Waals surface area contributed by atoms with Crippen LogP contribution in [-0.2, 0) is 0 Å². The zero-order chi connectivity index (χ0) is 14.8. The molecule has 1 unspecified atom stereocenters. The molecule has 1 atom stereocenters. The van der Waals surface area contributed by atoms with E-state index in [0.29, 0.717) is 11.1 Å².